The minimum absolute atomic E-state index is 0.292. The first-order valence-corrected chi connectivity index (χ1v) is 8.43. The molecule has 1 aliphatic heterocycles. The van der Waals surface area contributed by atoms with E-state index >= 15 is 0 Å². The van der Waals surface area contributed by atoms with E-state index < -0.39 is 0 Å². The predicted molar refractivity (Wildman–Crippen MR) is 102 cm³/mol. The van der Waals surface area contributed by atoms with Crippen LogP contribution in [0.25, 0.3) is 0 Å². The van der Waals surface area contributed by atoms with E-state index in [9.17, 15) is 9.59 Å². The second-order valence-electron chi connectivity index (χ2n) is 6.12. The lowest BCUT2D eigenvalue weighted by atomic mass is 10.1. The van der Waals surface area contributed by atoms with Gasteiger partial charge in [0, 0.05) is 18.2 Å². The van der Waals surface area contributed by atoms with Crippen molar-refractivity contribution in [3.63, 3.8) is 0 Å². The van der Waals surface area contributed by atoms with Gasteiger partial charge in [0.25, 0.3) is 11.8 Å². The highest BCUT2D eigenvalue weighted by Crippen LogP contribution is 2.29. The largest absolute Gasteiger partial charge is 0.457 e. The van der Waals surface area contributed by atoms with Crippen molar-refractivity contribution in [1.82, 2.24) is 4.90 Å². The maximum absolute atomic E-state index is 12.1. The van der Waals surface area contributed by atoms with Crippen molar-refractivity contribution in [2.24, 2.45) is 0 Å². The fraction of sp³-hybridized carbons (Fsp3) is 0.0435. The zero-order chi connectivity index (χ0) is 18.8. The van der Waals surface area contributed by atoms with E-state index in [4.69, 9.17) is 4.74 Å². The topological polar surface area (TPSA) is 46.6 Å². The molecule has 0 radical (unpaired) electrons. The van der Waals surface area contributed by atoms with Gasteiger partial charge in [-0.15, -0.1) is 0 Å². The first kappa shape index (κ1) is 16.6. The summed E-state index contributed by atoms with van der Waals surface area (Å²) in [5, 5.41) is 0. The average Bonchev–Trinajstić information content (AvgIpc) is 2.91. The van der Waals surface area contributed by atoms with E-state index in [1.165, 1.54) is 7.05 Å². The molecular weight excluding hydrogens is 338 g/mol. The molecule has 0 aliphatic carbocycles. The number of hydrogen-bond acceptors (Lipinski definition) is 3. The summed E-state index contributed by atoms with van der Waals surface area (Å²) in [7, 11) is 1.47. The molecule has 3 aromatic rings. The highest BCUT2D eigenvalue weighted by molar-refractivity contribution is 6.21. The average molecular weight is 353 g/mol. The molecule has 0 unspecified atom stereocenters. The van der Waals surface area contributed by atoms with Crippen LogP contribution in [0.15, 0.2) is 72.8 Å². The van der Waals surface area contributed by atoms with E-state index in [1.54, 1.807) is 18.2 Å². The van der Waals surface area contributed by atoms with E-state index in [0.717, 1.165) is 16.0 Å². The minimum atomic E-state index is -0.317. The summed E-state index contributed by atoms with van der Waals surface area (Å²) in [6.45, 7) is 0. The van der Waals surface area contributed by atoms with Gasteiger partial charge in [0.05, 0.1) is 11.1 Å². The summed E-state index contributed by atoms with van der Waals surface area (Å²) >= 11 is 0. The normalized spacial score (nSPS) is 12.4. The monoisotopic (exact) mass is 353 g/mol. The van der Waals surface area contributed by atoms with E-state index in [1.807, 2.05) is 54.6 Å². The van der Waals surface area contributed by atoms with Crippen LogP contribution in [0.2, 0.25) is 0 Å². The van der Waals surface area contributed by atoms with Gasteiger partial charge in [-0.1, -0.05) is 36.1 Å². The third-order valence-electron chi connectivity index (χ3n) is 4.26. The van der Waals surface area contributed by atoms with Crippen LogP contribution < -0.4 is 4.74 Å². The Labute approximate surface area is 157 Å². The van der Waals surface area contributed by atoms with E-state index in [0.29, 0.717) is 22.6 Å². The summed E-state index contributed by atoms with van der Waals surface area (Å²) in [4.78, 5) is 25.2. The fourth-order valence-electron chi connectivity index (χ4n) is 2.84. The van der Waals surface area contributed by atoms with Crippen LogP contribution in [-0.4, -0.2) is 23.8 Å². The van der Waals surface area contributed by atoms with Crippen molar-refractivity contribution in [2.45, 2.75) is 0 Å². The van der Waals surface area contributed by atoms with Crippen molar-refractivity contribution < 1.29 is 14.3 Å². The summed E-state index contributed by atoms with van der Waals surface area (Å²) in [5.74, 6) is 6.72. The van der Waals surface area contributed by atoms with Crippen molar-refractivity contribution >= 4 is 11.8 Å². The Morgan fingerprint density at radius 3 is 2.19 bits per heavy atom. The van der Waals surface area contributed by atoms with Crippen LogP contribution in [0.5, 0.6) is 11.5 Å². The molecule has 27 heavy (non-hydrogen) atoms. The van der Waals surface area contributed by atoms with Gasteiger partial charge in [-0.05, 0) is 48.5 Å². The molecule has 0 spiro atoms. The molecule has 2 amide bonds. The summed E-state index contributed by atoms with van der Waals surface area (Å²) < 4.78 is 5.87. The van der Waals surface area contributed by atoms with Gasteiger partial charge < -0.3 is 4.74 Å². The Balaban J connectivity index is 1.57. The van der Waals surface area contributed by atoms with Crippen LogP contribution in [0.3, 0.4) is 0 Å². The van der Waals surface area contributed by atoms with Gasteiger partial charge in [-0.2, -0.15) is 0 Å². The van der Waals surface area contributed by atoms with Crippen LogP contribution in [-0.2, 0) is 0 Å². The van der Waals surface area contributed by atoms with Gasteiger partial charge >= 0.3 is 0 Å². The standard InChI is InChI=1S/C23H15NO3/c1-24-22(25)20-13-12-19(15-21(20)23(24)26)27-18-9-5-8-17(14-18)11-10-16-6-3-2-4-7-16/h2-9,12-15H,1H3. The Morgan fingerprint density at radius 1 is 0.704 bits per heavy atom. The van der Waals surface area contributed by atoms with Crippen LogP contribution in [0.1, 0.15) is 31.8 Å². The molecule has 0 bridgehead atoms. The number of fused-ring (bicyclic) bond motifs is 1. The van der Waals surface area contributed by atoms with Gasteiger partial charge in [0.2, 0.25) is 0 Å². The maximum Gasteiger partial charge on any atom is 0.261 e. The molecule has 0 aromatic heterocycles. The van der Waals surface area contributed by atoms with Gasteiger partial charge in [0.1, 0.15) is 11.5 Å². The van der Waals surface area contributed by atoms with E-state index in [2.05, 4.69) is 11.8 Å². The van der Waals surface area contributed by atoms with Crippen molar-refractivity contribution in [3.05, 3.63) is 95.1 Å². The molecule has 0 N–H and O–H groups in total. The number of hydrogen-bond donors (Lipinski definition) is 0. The van der Waals surface area contributed by atoms with Crippen LogP contribution in [0, 0.1) is 11.8 Å². The zero-order valence-electron chi connectivity index (χ0n) is 14.6. The molecule has 4 rings (SSSR count). The first-order chi connectivity index (χ1) is 13.1. The third-order valence-corrected chi connectivity index (χ3v) is 4.26. The molecule has 1 aliphatic rings. The van der Waals surface area contributed by atoms with Gasteiger partial charge in [-0.3, -0.25) is 14.5 Å². The number of benzene rings is 3. The number of nitrogens with zero attached hydrogens (tertiary/aromatic N) is 1. The summed E-state index contributed by atoms with van der Waals surface area (Å²) in [5.41, 5.74) is 2.52. The van der Waals surface area contributed by atoms with Crippen LogP contribution >= 0.6 is 0 Å². The quantitative estimate of drug-likeness (QED) is 0.515. The molecule has 1 heterocycles. The molecule has 4 heteroatoms. The lowest BCUT2D eigenvalue weighted by Crippen LogP contribution is -2.24. The number of imide groups is 1. The molecule has 130 valence electrons. The van der Waals surface area contributed by atoms with Gasteiger partial charge in [0.15, 0.2) is 0 Å². The molecule has 0 atom stereocenters. The molecule has 0 fully saturated rings. The third kappa shape index (κ3) is 3.31. The molecular formula is C23H15NO3. The highest BCUT2D eigenvalue weighted by Gasteiger charge is 2.32. The molecule has 4 nitrogen and oxygen atoms in total. The lowest BCUT2D eigenvalue weighted by Gasteiger charge is -2.07. The molecule has 0 saturated carbocycles. The number of carbonyl (C=O) groups excluding carboxylic acids is 2. The zero-order valence-corrected chi connectivity index (χ0v) is 14.6. The Kier molecular flexibility index (Phi) is 4.19. The van der Waals surface area contributed by atoms with Crippen molar-refractivity contribution in [1.29, 1.82) is 0 Å². The van der Waals surface area contributed by atoms with Crippen molar-refractivity contribution in [2.75, 3.05) is 7.05 Å². The summed E-state index contributed by atoms with van der Waals surface area (Å²) in [6.07, 6.45) is 0. The number of amides is 2. The second kappa shape index (κ2) is 6.81. The maximum atomic E-state index is 12.1. The Bertz CT molecular complexity index is 1110. The minimum Gasteiger partial charge on any atom is -0.457 e. The van der Waals surface area contributed by atoms with Gasteiger partial charge in [-0.25, -0.2) is 0 Å². The number of carbonyl (C=O) groups is 2. The van der Waals surface area contributed by atoms with Crippen LogP contribution in [0.4, 0.5) is 0 Å². The predicted octanol–water partition coefficient (Wildman–Crippen LogP) is 4.10. The first-order valence-electron chi connectivity index (χ1n) is 8.43. The highest BCUT2D eigenvalue weighted by atomic mass is 16.5. The lowest BCUT2D eigenvalue weighted by molar-refractivity contribution is 0.0693. The SMILES string of the molecule is CN1C(=O)c2ccc(Oc3cccc(C#Cc4ccccc4)c3)cc2C1=O. The summed E-state index contributed by atoms with van der Waals surface area (Å²) in [6, 6.07) is 22.1. The Hall–Kier alpha value is -3.84. The molecule has 3 aromatic carbocycles. The van der Waals surface area contributed by atoms with Crippen molar-refractivity contribution in [3.8, 4) is 23.3 Å². The number of ether oxygens (including phenoxy) is 1. The Morgan fingerprint density at radius 2 is 1.37 bits per heavy atom. The second-order valence-corrected chi connectivity index (χ2v) is 6.12. The number of rotatable bonds is 2. The smallest absolute Gasteiger partial charge is 0.261 e. The fourth-order valence-corrected chi connectivity index (χ4v) is 2.84. The molecule has 0 saturated heterocycles. The van der Waals surface area contributed by atoms with E-state index in [-0.39, 0.29) is 11.8 Å².